The van der Waals surface area contributed by atoms with Crippen LogP contribution in [0.1, 0.15) is 46.5 Å². The third-order valence-electron chi connectivity index (χ3n) is 2.86. The van der Waals surface area contributed by atoms with E-state index < -0.39 is 0 Å². The number of hydrogen-bond acceptors (Lipinski definition) is 1. The molecule has 0 atom stereocenters. The molecule has 2 aliphatic carbocycles. The molecule has 2 fully saturated rings. The van der Waals surface area contributed by atoms with E-state index in [4.69, 9.17) is 4.74 Å². The van der Waals surface area contributed by atoms with Crippen molar-refractivity contribution in [2.24, 2.45) is 11.3 Å². The molecule has 0 heterocycles. The predicted molar refractivity (Wildman–Crippen MR) is 50.1 cm³/mol. The standard InChI is InChI=1S/C11H20O/c1-10(2,3)8-12-11(6-7-11)9-4-5-9/h9H,4-8H2,1-3H3. The minimum atomic E-state index is 0.338. The van der Waals surface area contributed by atoms with Crippen molar-refractivity contribution in [1.82, 2.24) is 0 Å². The van der Waals surface area contributed by atoms with Crippen LogP contribution < -0.4 is 0 Å². The van der Waals surface area contributed by atoms with Crippen molar-refractivity contribution in [2.75, 3.05) is 6.61 Å². The van der Waals surface area contributed by atoms with E-state index in [1.165, 1.54) is 25.7 Å². The quantitative estimate of drug-likeness (QED) is 0.629. The van der Waals surface area contributed by atoms with Gasteiger partial charge in [0.05, 0.1) is 12.2 Å². The van der Waals surface area contributed by atoms with Crippen LogP contribution in [0.3, 0.4) is 0 Å². The van der Waals surface area contributed by atoms with E-state index in [9.17, 15) is 0 Å². The monoisotopic (exact) mass is 168 g/mol. The summed E-state index contributed by atoms with van der Waals surface area (Å²) in [5, 5.41) is 0. The van der Waals surface area contributed by atoms with Crippen LogP contribution >= 0.6 is 0 Å². The summed E-state index contributed by atoms with van der Waals surface area (Å²) in [6, 6.07) is 0. The Morgan fingerprint density at radius 1 is 1.25 bits per heavy atom. The van der Waals surface area contributed by atoms with Gasteiger partial charge in [-0.1, -0.05) is 20.8 Å². The Bertz CT molecular complexity index is 170. The molecule has 2 saturated carbocycles. The lowest BCUT2D eigenvalue weighted by atomic mass is 9.98. The third-order valence-corrected chi connectivity index (χ3v) is 2.86. The van der Waals surface area contributed by atoms with Gasteiger partial charge in [0.15, 0.2) is 0 Å². The van der Waals surface area contributed by atoms with Gasteiger partial charge in [-0.25, -0.2) is 0 Å². The molecule has 0 aromatic rings. The Kier molecular flexibility index (Phi) is 1.76. The molecule has 12 heavy (non-hydrogen) atoms. The second-order valence-corrected chi connectivity index (χ2v) is 5.69. The molecule has 2 aliphatic rings. The van der Waals surface area contributed by atoms with E-state index in [0.29, 0.717) is 11.0 Å². The number of ether oxygens (including phenoxy) is 1. The second kappa shape index (κ2) is 2.47. The molecule has 1 nitrogen and oxygen atoms in total. The molecule has 0 N–H and O–H groups in total. The highest BCUT2D eigenvalue weighted by Gasteiger charge is 2.55. The van der Waals surface area contributed by atoms with Gasteiger partial charge in [0.1, 0.15) is 0 Å². The van der Waals surface area contributed by atoms with E-state index in [-0.39, 0.29) is 0 Å². The van der Waals surface area contributed by atoms with Crippen LogP contribution in [0.25, 0.3) is 0 Å². The summed E-state index contributed by atoms with van der Waals surface area (Å²) in [5.74, 6) is 0.930. The number of hydrogen-bond donors (Lipinski definition) is 0. The van der Waals surface area contributed by atoms with E-state index in [0.717, 1.165) is 12.5 Å². The maximum absolute atomic E-state index is 6.03. The smallest absolute Gasteiger partial charge is 0.0713 e. The fourth-order valence-corrected chi connectivity index (χ4v) is 1.76. The lowest BCUT2D eigenvalue weighted by Crippen LogP contribution is -2.24. The van der Waals surface area contributed by atoms with Crippen LogP contribution in [-0.4, -0.2) is 12.2 Å². The first-order valence-electron chi connectivity index (χ1n) is 5.16. The Hall–Kier alpha value is -0.0400. The van der Waals surface area contributed by atoms with E-state index in [2.05, 4.69) is 20.8 Å². The van der Waals surface area contributed by atoms with Crippen molar-refractivity contribution in [1.29, 1.82) is 0 Å². The van der Waals surface area contributed by atoms with Crippen molar-refractivity contribution < 1.29 is 4.74 Å². The zero-order valence-electron chi connectivity index (χ0n) is 8.52. The molecule has 0 unspecified atom stereocenters. The second-order valence-electron chi connectivity index (χ2n) is 5.69. The fourth-order valence-electron chi connectivity index (χ4n) is 1.76. The van der Waals surface area contributed by atoms with Gasteiger partial charge in [-0.15, -0.1) is 0 Å². The zero-order chi connectivity index (χ0) is 8.82. The largest absolute Gasteiger partial charge is 0.374 e. The molecule has 2 rings (SSSR count). The maximum Gasteiger partial charge on any atom is 0.0713 e. The summed E-state index contributed by atoms with van der Waals surface area (Å²) >= 11 is 0. The average Bonchev–Trinajstić information content (AvgIpc) is 2.78. The van der Waals surface area contributed by atoms with Crippen molar-refractivity contribution in [3.63, 3.8) is 0 Å². The van der Waals surface area contributed by atoms with Gasteiger partial charge in [-0.05, 0) is 37.0 Å². The van der Waals surface area contributed by atoms with Crippen LogP contribution in [0.15, 0.2) is 0 Å². The molecule has 0 aromatic heterocycles. The van der Waals surface area contributed by atoms with Crippen molar-refractivity contribution in [3.8, 4) is 0 Å². The SMILES string of the molecule is CC(C)(C)COC1(C2CC2)CC1. The zero-order valence-corrected chi connectivity index (χ0v) is 8.52. The molecule has 0 amide bonds. The normalized spacial score (nSPS) is 27.2. The molecule has 0 spiro atoms. The number of rotatable bonds is 3. The Morgan fingerprint density at radius 2 is 1.83 bits per heavy atom. The van der Waals surface area contributed by atoms with Crippen LogP contribution in [0, 0.1) is 11.3 Å². The predicted octanol–water partition coefficient (Wildman–Crippen LogP) is 2.99. The van der Waals surface area contributed by atoms with Crippen LogP contribution in [0.4, 0.5) is 0 Å². The van der Waals surface area contributed by atoms with Gasteiger partial charge in [0.25, 0.3) is 0 Å². The van der Waals surface area contributed by atoms with E-state index in [1.54, 1.807) is 0 Å². The molecule has 0 aromatic carbocycles. The summed E-state index contributed by atoms with van der Waals surface area (Å²) in [7, 11) is 0. The lowest BCUT2D eigenvalue weighted by Gasteiger charge is -2.23. The summed E-state index contributed by atoms with van der Waals surface area (Å²) in [6.45, 7) is 7.67. The lowest BCUT2D eigenvalue weighted by molar-refractivity contribution is -0.0213. The minimum absolute atomic E-state index is 0.338. The minimum Gasteiger partial charge on any atom is -0.374 e. The van der Waals surface area contributed by atoms with Gasteiger partial charge in [0, 0.05) is 0 Å². The Morgan fingerprint density at radius 3 is 2.17 bits per heavy atom. The summed E-state index contributed by atoms with van der Waals surface area (Å²) in [6.07, 6.45) is 5.50. The molecular weight excluding hydrogens is 148 g/mol. The van der Waals surface area contributed by atoms with Crippen molar-refractivity contribution >= 4 is 0 Å². The van der Waals surface area contributed by atoms with Crippen LogP contribution in [-0.2, 0) is 4.74 Å². The molecule has 0 saturated heterocycles. The molecule has 1 heteroatoms. The summed E-state index contributed by atoms with van der Waals surface area (Å²) < 4.78 is 6.03. The Balaban J connectivity index is 1.79. The molecule has 0 bridgehead atoms. The van der Waals surface area contributed by atoms with Gasteiger partial charge < -0.3 is 4.74 Å². The maximum atomic E-state index is 6.03. The van der Waals surface area contributed by atoms with Gasteiger partial charge in [-0.2, -0.15) is 0 Å². The Labute approximate surface area is 75.5 Å². The first-order chi connectivity index (χ1) is 5.52. The van der Waals surface area contributed by atoms with Crippen LogP contribution in [0.5, 0.6) is 0 Å². The highest BCUT2D eigenvalue weighted by Crippen LogP contribution is 2.56. The van der Waals surface area contributed by atoms with E-state index in [1.807, 2.05) is 0 Å². The highest BCUT2D eigenvalue weighted by molar-refractivity contribution is 5.06. The fraction of sp³-hybridized carbons (Fsp3) is 1.00. The first kappa shape index (κ1) is 8.55. The average molecular weight is 168 g/mol. The summed E-state index contributed by atoms with van der Waals surface area (Å²) in [5.41, 5.74) is 0.706. The van der Waals surface area contributed by atoms with Crippen molar-refractivity contribution in [2.45, 2.75) is 52.1 Å². The highest BCUT2D eigenvalue weighted by atomic mass is 16.5. The van der Waals surface area contributed by atoms with Crippen molar-refractivity contribution in [3.05, 3.63) is 0 Å². The third kappa shape index (κ3) is 1.82. The molecule has 0 radical (unpaired) electrons. The molecular formula is C11H20O. The van der Waals surface area contributed by atoms with Gasteiger partial charge >= 0.3 is 0 Å². The first-order valence-corrected chi connectivity index (χ1v) is 5.16. The van der Waals surface area contributed by atoms with E-state index >= 15 is 0 Å². The topological polar surface area (TPSA) is 9.23 Å². The molecule has 0 aliphatic heterocycles. The van der Waals surface area contributed by atoms with Gasteiger partial charge in [0.2, 0.25) is 0 Å². The van der Waals surface area contributed by atoms with Crippen LogP contribution in [0.2, 0.25) is 0 Å². The summed E-state index contributed by atoms with van der Waals surface area (Å²) in [4.78, 5) is 0. The molecule has 70 valence electrons. The van der Waals surface area contributed by atoms with Gasteiger partial charge in [-0.3, -0.25) is 0 Å².